The number of hydrogen-bond acceptors (Lipinski definition) is 4. The fourth-order valence-corrected chi connectivity index (χ4v) is 3.20. The number of hydrogen-bond donors (Lipinski definition) is 0. The van der Waals surface area contributed by atoms with Crippen molar-refractivity contribution in [1.29, 1.82) is 0 Å². The van der Waals surface area contributed by atoms with Gasteiger partial charge in [-0.1, -0.05) is 41.6 Å². The summed E-state index contributed by atoms with van der Waals surface area (Å²) in [6.45, 7) is 2.66. The predicted octanol–water partition coefficient (Wildman–Crippen LogP) is 5.13. The number of pyridine rings is 1. The third kappa shape index (κ3) is 4.30. The van der Waals surface area contributed by atoms with Crippen LogP contribution in [-0.2, 0) is 6.61 Å². The van der Waals surface area contributed by atoms with Crippen molar-refractivity contribution < 1.29 is 9.47 Å². The summed E-state index contributed by atoms with van der Waals surface area (Å²) >= 11 is 1.64. The molecule has 122 valence electrons. The van der Waals surface area contributed by atoms with Gasteiger partial charge in [-0.2, -0.15) is 0 Å². The van der Waals surface area contributed by atoms with Gasteiger partial charge in [0, 0.05) is 11.1 Å². The highest BCUT2D eigenvalue weighted by molar-refractivity contribution is 7.99. The van der Waals surface area contributed by atoms with Gasteiger partial charge in [0.2, 0.25) is 0 Å². The molecule has 1 aromatic heterocycles. The largest absolute Gasteiger partial charge is 0.494 e. The quantitative estimate of drug-likeness (QED) is 0.624. The molecular weight excluding hydrogens is 318 g/mol. The molecule has 3 rings (SSSR count). The lowest BCUT2D eigenvalue weighted by Gasteiger charge is -2.09. The Morgan fingerprint density at radius 1 is 1.04 bits per heavy atom. The zero-order chi connectivity index (χ0) is 16.8. The van der Waals surface area contributed by atoms with Crippen molar-refractivity contribution in [2.24, 2.45) is 0 Å². The van der Waals surface area contributed by atoms with E-state index in [2.05, 4.69) is 48.3 Å². The molecule has 4 heteroatoms. The van der Waals surface area contributed by atoms with Gasteiger partial charge < -0.3 is 9.47 Å². The molecule has 0 aliphatic heterocycles. The van der Waals surface area contributed by atoms with Crippen LogP contribution >= 0.6 is 11.8 Å². The average molecular weight is 337 g/mol. The highest BCUT2D eigenvalue weighted by Gasteiger charge is 2.05. The Bertz CT molecular complexity index is 803. The monoisotopic (exact) mass is 337 g/mol. The molecule has 0 unspecified atom stereocenters. The maximum Gasteiger partial charge on any atom is 0.151 e. The molecular formula is C20H19NO2S. The maximum atomic E-state index is 5.85. The lowest BCUT2D eigenvalue weighted by atomic mass is 10.1. The minimum atomic E-state index is 0.576. The van der Waals surface area contributed by atoms with Crippen molar-refractivity contribution >= 4 is 11.8 Å². The maximum absolute atomic E-state index is 5.85. The zero-order valence-corrected chi connectivity index (χ0v) is 14.5. The molecule has 1 heterocycles. The Balaban J connectivity index is 1.63. The van der Waals surface area contributed by atoms with E-state index in [4.69, 9.17) is 9.47 Å². The van der Waals surface area contributed by atoms with Crippen LogP contribution < -0.4 is 9.47 Å². The van der Waals surface area contributed by atoms with Crippen molar-refractivity contribution in [2.45, 2.75) is 23.3 Å². The Morgan fingerprint density at radius 3 is 2.62 bits per heavy atom. The van der Waals surface area contributed by atoms with Gasteiger partial charge in [-0.25, -0.2) is 0 Å². The minimum Gasteiger partial charge on any atom is -0.494 e. The molecule has 0 N–H and O–H groups in total. The lowest BCUT2D eigenvalue weighted by molar-refractivity contribution is 0.306. The summed E-state index contributed by atoms with van der Waals surface area (Å²) in [6.07, 6.45) is 3.49. The summed E-state index contributed by atoms with van der Waals surface area (Å²) in [7, 11) is 1.66. The molecule has 24 heavy (non-hydrogen) atoms. The van der Waals surface area contributed by atoms with Crippen molar-refractivity contribution in [1.82, 2.24) is 4.98 Å². The van der Waals surface area contributed by atoms with Crippen LogP contribution in [-0.4, -0.2) is 12.1 Å². The number of aromatic nitrogens is 1. The van der Waals surface area contributed by atoms with Crippen LogP contribution in [0.3, 0.4) is 0 Å². The van der Waals surface area contributed by atoms with E-state index in [0.29, 0.717) is 6.61 Å². The van der Waals surface area contributed by atoms with Crippen molar-refractivity contribution in [2.75, 3.05) is 7.11 Å². The molecule has 0 radical (unpaired) electrons. The van der Waals surface area contributed by atoms with E-state index in [1.165, 1.54) is 11.1 Å². The first-order valence-electron chi connectivity index (χ1n) is 7.69. The Hall–Kier alpha value is -2.46. The highest BCUT2D eigenvalue weighted by atomic mass is 32.2. The van der Waals surface area contributed by atoms with Crippen LogP contribution in [0.15, 0.2) is 76.8 Å². The third-order valence-corrected chi connectivity index (χ3v) is 4.57. The van der Waals surface area contributed by atoms with Gasteiger partial charge in [0.15, 0.2) is 5.75 Å². The second-order valence-corrected chi connectivity index (χ2v) is 6.49. The number of nitrogens with zero attached hydrogens (tertiary/aromatic N) is 1. The van der Waals surface area contributed by atoms with Gasteiger partial charge in [0.05, 0.1) is 18.2 Å². The van der Waals surface area contributed by atoms with Gasteiger partial charge in [-0.15, -0.1) is 0 Å². The molecule has 0 spiro atoms. The van der Waals surface area contributed by atoms with E-state index >= 15 is 0 Å². The molecule has 0 fully saturated rings. The molecule has 0 atom stereocenters. The molecule has 2 aromatic carbocycles. The second-order valence-electron chi connectivity index (χ2n) is 5.38. The van der Waals surface area contributed by atoms with E-state index < -0.39 is 0 Å². The van der Waals surface area contributed by atoms with Gasteiger partial charge in [-0.05, 0) is 42.8 Å². The summed E-state index contributed by atoms with van der Waals surface area (Å²) in [4.78, 5) is 6.24. The van der Waals surface area contributed by atoms with Crippen molar-refractivity contribution in [3.63, 3.8) is 0 Å². The number of rotatable bonds is 6. The van der Waals surface area contributed by atoms with Crippen LogP contribution in [0.4, 0.5) is 0 Å². The summed E-state index contributed by atoms with van der Waals surface area (Å²) in [6, 6.07) is 18.4. The molecule has 3 nitrogen and oxygen atoms in total. The van der Waals surface area contributed by atoms with Gasteiger partial charge >= 0.3 is 0 Å². The van der Waals surface area contributed by atoms with Crippen LogP contribution in [0.2, 0.25) is 0 Å². The molecule has 0 saturated carbocycles. The minimum absolute atomic E-state index is 0.576. The molecule has 0 bridgehead atoms. The standard InChI is InChI=1S/C20H19NO2S/c1-15-4-3-5-16(12-15)14-23-17-6-8-18(9-7-17)24-20-10-11-21-13-19(20)22-2/h3-13H,14H2,1-2H3. The van der Waals surface area contributed by atoms with E-state index in [0.717, 1.165) is 21.3 Å². The Labute approximate surface area is 146 Å². The summed E-state index contributed by atoms with van der Waals surface area (Å²) in [5, 5.41) is 0. The highest BCUT2D eigenvalue weighted by Crippen LogP contribution is 2.34. The summed E-state index contributed by atoms with van der Waals surface area (Å²) in [5.41, 5.74) is 2.42. The van der Waals surface area contributed by atoms with Crippen molar-refractivity contribution in [3.8, 4) is 11.5 Å². The van der Waals surface area contributed by atoms with Crippen LogP contribution in [0.1, 0.15) is 11.1 Å². The number of aryl methyl sites for hydroxylation is 1. The van der Waals surface area contributed by atoms with E-state index in [1.807, 2.05) is 18.2 Å². The number of benzene rings is 2. The van der Waals surface area contributed by atoms with Crippen LogP contribution in [0, 0.1) is 6.92 Å². The molecule has 0 aliphatic rings. The van der Waals surface area contributed by atoms with E-state index in [1.54, 1.807) is 31.3 Å². The molecule has 0 amide bonds. The third-order valence-electron chi connectivity index (χ3n) is 3.51. The first-order chi connectivity index (χ1) is 11.7. The van der Waals surface area contributed by atoms with Crippen LogP contribution in [0.25, 0.3) is 0 Å². The molecule has 0 aliphatic carbocycles. The van der Waals surface area contributed by atoms with Gasteiger partial charge in [0.25, 0.3) is 0 Å². The second kappa shape index (κ2) is 7.88. The Kier molecular flexibility index (Phi) is 5.39. The zero-order valence-electron chi connectivity index (χ0n) is 13.7. The van der Waals surface area contributed by atoms with Gasteiger partial charge in [0.1, 0.15) is 12.4 Å². The SMILES string of the molecule is COc1cnccc1Sc1ccc(OCc2cccc(C)c2)cc1. The summed E-state index contributed by atoms with van der Waals surface area (Å²) < 4.78 is 11.2. The average Bonchev–Trinajstić information content (AvgIpc) is 2.62. The predicted molar refractivity (Wildman–Crippen MR) is 96.9 cm³/mol. The fraction of sp³-hybridized carbons (Fsp3) is 0.150. The summed E-state index contributed by atoms with van der Waals surface area (Å²) in [5.74, 6) is 1.64. The first-order valence-corrected chi connectivity index (χ1v) is 8.50. The van der Waals surface area contributed by atoms with Crippen LogP contribution in [0.5, 0.6) is 11.5 Å². The topological polar surface area (TPSA) is 31.4 Å². The van der Waals surface area contributed by atoms with Crippen molar-refractivity contribution in [3.05, 3.63) is 78.1 Å². The van der Waals surface area contributed by atoms with E-state index in [-0.39, 0.29) is 0 Å². The first kappa shape index (κ1) is 16.4. The normalized spacial score (nSPS) is 10.4. The van der Waals surface area contributed by atoms with Gasteiger partial charge in [-0.3, -0.25) is 4.98 Å². The fourth-order valence-electron chi connectivity index (χ4n) is 2.30. The smallest absolute Gasteiger partial charge is 0.151 e. The number of methoxy groups -OCH3 is 1. The van der Waals surface area contributed by atoms with E-state index in [9.17, 15) is 0 Å². The molecule has 3 aromatic rings. The Morgan fingerprint density at radius 2 is 1.88 bits per heavy atom. The molecule has 0 saturated heterocycles. The lowest BCUT2D eigenvalue weighted by Crippen LogP contribution is -1.95. The number of ether oxygens (including phenoxy) is 2.